The van der Waals surface area contributed by atoms with E-state index in [0.717, 1.165) is 25.6 Å². The first-order valence-electron chi connectivity index (χ1n) is 5.59. The van der Waals surface area contributed by atoms with E-state index >= 15 is 0 Å². The van der Waals surface area contributed by atoms with Gasteiger partial charge in [0.15, 0.2) is 0 Å². The molecule has 0 spiro atoms. The van der Waals surface area contributed by atoms with E-state index in [1.54, 1.807) is 0 Å². The van der Waals surface area contributed by atoms with E-state index in [-0.39, 0.29) is 0 Å². The van der Waals surface area contributed by atoms with Gasteiger partial charge in [0.25, 0.3) is 0 Å². The Morgan fingerprint density at radius 2 is 2.00 bits per heavy atom. The SMILES string of the molecule is C=CCN(C)C(C)CCNCC(C)C. The van der Waals surface area contributed by atoms with Crippen LogP contribution in [0.2, 0.25) is 0 Å². The number of hydrogen-bond acceptors (Lipinski definition) is 2. The van der Waals surface area contributed by atoms with Gasteiger partial charge in [-0.25, -0.2) is 0 Å². The van der Waals surface area contributed by atoms with Crippen LogP contribution in [-0.2, 0) is 0 Å². The predicted octanol–water partition coefficient (Wildman–Crippen LogP) is 2.13. The fraction of sp³-hybridized carbons (Fsp3) is 0.833. The van der Waals surface area contributed by atoms with Crippen LogP contribution < -0.4 is 5.32 Å². The summed E-state index contributed by atoms with van der Waals surface area (Å²) in [5, 5.41) is 3.46. The Morgan fingerprint density at radius 3 is 2.50 bits per heavy atom. The van der Waals surface area contributed by atoms with E-state index in [9.17, 15) is 0 Å². The standard InChI is InChI=1S/C12H26N2/c1-6-9-14(5)12(4)7-8-13-10-11(2)3/h6,11-13H,1,7-10H2,2-5H3. The summed E-state index contributed by atoms with van der Waals surface area (Å²) in [5.74, 6) is 0.746. The van der Waals surface area contributed by atoms with Crippen molar-refractivity contribution in [3.63, 3.8) is 0 Å². The molecular weight excluding hydrogens is 172 g/mol. The molecule has 0 fully saturated rings. The van der Waals surface area contributed by atoms with Gasteiger partial charge in [-0.1, -0.05) is 19.9 Å². The zero-order valence-electron chi connectivity index (χ0n) is 10.2. The molecule has 0 aromatic carbocycles. The van der Waals surface area contributed by atoms with Crippen LogP contribution in [0.25, 0.3) is 0 Å². The number of hydrogen-bond donors (Lipinski definition) is 1. The Balaban J connectivity index is 3.43. The molecule has 1 N–H and O–H groups in total. The molecule has 1 unspecified atom stereocenters. The summed E-state index contributed by atoms with van der Waals surface area (Å²) in [6, 6.07) is 0.632. The molecule has 0 radical (unpaired) electrons. The van der Waals surface area contributed by atoms with Crippen molar-refractivity contribution in [1.82, 2.24) is 10.2 Å². The molecule has 0 rings (SSSR count). The highest BCUT2D eigenvalue weighted by molar-refractivity contribution is 4.75. The Kier molecular flexibility index (Phi) is 7.81. The average Bonchev–Trinajstić information content (AvgIpc) is 2.12. The van der Waals surface area contributed by atoms with Crippen LogP contribution in [0, 0.1) is 5.92 Å². The third-order valence-electron chi connectivity index (χ3n) is 2.46. The molecule has 2 nitrogen and oxygen atoms in total. The van der Waals surface area contributed by atoms with Crippen molar-refractivity contribution in [1.29, 1.82) is 0 Å². The van der Waals surface area contributed by atoms with Gasteiger partial charge >= 0.3 is 0 Å². The zero-order chi connectivity index (χ0) is 11.0. The van der Waals surface area contributed by atoms with Crippen LogP contribution in [0.1, 0.15) is 27.2 Å². The molecule has 0 aliphatic heterocycles. The fourth-order valence-corrected chi connectivity index (χ4v) is 1.31. The lowest BCUT2D eigenvalue weighted by molar-refractivity contribution is 0.268. The van der Waals surface area contributed by atoms with Crippen LogP contribution in [-0.4, -0.2) is 37.6 Å². The monoisotopic (exact) mass is 198 g/mol. The Morgan fingerprint density at radius 1 is 1.36 bits per heavy atom. The first-order chi connectivity index (χ1) is 6.57. The van der Waals surface area contributed by atoms with Gasteiger partial charge in [-0.2, -0.15) is 0 Å². The molecule has 84 valence electrons. The average molecular weight is 198 g/mol. The molecule has 14 heavy (non-hydrogen) atoms. The van der Waals surface area contributed by atoms with Crippen LogP contribution in [0.4, 0.5) is 0 Å². The smallest absolute Gasteiger partial charge is 0.0160 e. The van der Waals surface area contributed by atoms with Gasteiger partial charge in [-0.3, -0.25) is 0 Å². The van der Waals surface area contributed by atoms with Gasteiger partial charge in [-0.05, 0) is 39.4 Å². The molecule has 0 aliphatic carbocycles. The minimum Gasteiger partial charge on any atom is -0.316 e. The summed E-state index contributed by atoms with van der Waals surface area (Å²) >= 11 is 0. The van der Waals surface area contributed by atoms with E-state index in [1.807, 2.05) is 6.08 Å². The largest absolute Gasteiger partial charge is 0.316 e. The molecule has 2 heteroatoms. The van der Waals surface area contributed by atoms with Crippen LogP contribution in [0.15, 0.2) is 12.7 Å². The molecule has 0 heterocycles. The summed E-state index contributed by atoms with van der Waals surface area (Å²) in [7, 11) is 2.15. The summed E-state index contributed by atoms with van der Waals surface area (Å²) in [5.41, 5.74) is 0. The van der Waals surface area contributed by atoms with Crippen molar-refractivity contribution in [3.8, 4) is 0 Å². The molecule has 0 amide bonds. The zero-order valence-corrected chi connectivity index (χ0v) is 10.2. The second kappa shape index (κ2) is 8.01. The lowest BCUT2D eigenvalue weighted by atomic mass is 10.2. The van der Waals surface area contributed by atoms with E-state index in [4.69, 9.17) is 0 Å². The van der Waals surface area contributed by atoms with Gasteiger partial charge < -0.3 is 10.2 Å². The Bertz CT molecular complexity index is 143. The lowest BCUT2D eigenvalue weighted by Gasteiger charge is -2.23. The maximum Gasteiger partial charge on any atom is 0.0160 e. The van der Waals surface area contributed by atoms with Crippen molar-refractivity contribution < 1.29 is 0 Å². The third kappa shape index (κ3) is 7.10. The number of nitrogens with zero attached hydrogens (tertiary/aromatic N) is 1. The van der Waals surface area contributed by atoms with Gasteiger partial charge in [0, 0.05) is 12.6 Å². The van der Waals surface area contributed by atoms with E-state index in [0.29, 0.717) is 6.04 Å². The summed E-state index contributed by atoms with van der Waals surface area (Å²) < 4.78 is 0. The minimum absolute atomic E-state index is 0.632. The molecule has 1 atom stereocenters. The van der Waals surface area contributed by atoms with E-state index in [2.05, 4.69) is 44.6 Å². The molecule has 0 saturated heterocycles. The maximum absolute atomic E-state index is 3.75. The van der Waals surface area contributed by atoms with Crippen molar-refractivity contribution >= 4 is 0 Å². The number of likely N-dealkylation sites (N-methyl/N-ethyl adjacent to an activating group) is 1. The maximum atomic E-state index is 3.75. The topological polar surface area (TPSA) is 15.3 Å². The first-order valence-corrected chi connectivity index (χ1v) is 5.59. The normalized spacial score (nSPS) is 13.6. The number of nitrogens with one attached hydrogen (secondary N) is 1. The van der Waals surface area contributed by atoms with Crippen molar-refractivity contribution in [2.45, 2.75) is 33.2 Å². The Labute approximate surface area is 89.4 Å². The van der Waals surface area contributed by atoms with E-state index in [1.165, 1.54) is 6.42 Å². The van der Waals surface area contributed by atoms with Gasteiger partial charge in [-0.15, -0.1) is 6.58 Å². The van der Waals surface area contributed by atoms with Crippen LogP contribution in [0.3, 0.4) is 0 Å². The molecule has 0 bridgehead atoms. The predicted molar refractivity (Wildman–Crippen MR) is 64.6 cm³/mol. The third-order valence-corrected chi connectivity index (χ3v) is 2.46. The van der Waals surface area contributed by atoms with Crippen molar-refractivity contribution in [2.24, 2.45) is 5.92 Å². The summed E-state index contributed by atoms with van der Waals surface area (Å²) in [4.78, 5) is 2.32. The molecule has 0 aromatic heterocycles. The minimum atomic E-state index is 0.632. The first kappa shape index (κ1) is 13.7. The van der Waals surface area contributed by atoms with Crippen LogP contribution >= 0.6 is 0 Å². The highest BCUT2D eigenvalue weighted by Crippen LogP contribution is 1.99. The molecule has 0 aliphatic rings. The second-order valence-electron chi connectivity index (χ2n) is 4.46. The van der Waals surface area contributed by atoms with E-state index < -0.39 is 0 Å². The highest BCUT2D eigenvalue weighted by Gasteiger charge is 2.06. The van der Waals surface area contributed by atoms with Crippen LogP contribution in [0.5, 0.6) is 0 Å². The molecular formula is C12H26N2. The summed E-state index contributed by atoms with van der Waals surface area (Å²) in [6.45, 7) is 13.7. The second-order valence-corrected chi connectivity index (χ2v) is 4.46. The summed E-state index contributed by atoms with van der Waals surface area (Å²) in [6.07, 6.45) is 3.16. The Hall–Kier alpha value is -0.340. The molecule has 0 aromatic rings. The fourth-order valence-electron chi connectivity index (χ4n) is 1.31. The van der Waals surface area contributed by atoms with Gasteiger partial charge in [0.2, 0.25) is 0 Å². The van der Waals surface area contributed by atoms with Crippen molar-refractivity contribution in [2.75, 3.05) is 26.7 Å². The van der Waals surface area contributed by atoms with Crippen molar-refractivity contribution in [3.05, 3.63) is 12.7 Å². The van der Waals surface area contributed by atoms with Gasteiger partial charge in [0.1, 0.15) is 0 Å². The quantitative estimate of drug-likeness (QED) is 0.475. The highest BCUT2D eigenvalue weighted by atomic mass is 15.1. The molecule has 0 saturated carbocycles. The van der Waals surface area contributed by atoms with Gasteiger partial charge in [0.05, 0.1) is 0 Å². The lowest BCUT2D eigenvalue weighted by Crippen LogP contribution is -2.33. The number of rotatable bonds is 8.